The molecular weight excluding hydrogens is 230 g/mol. The third-order valence-corrected chi connectivity index (χ3v) is 2.50. The summed E-state index contributed by atoms with van der Waals surface area (Å²) >= 11 is 0. The third kappa shape index (κ3) is 4.82. The van der Waals surface area contributed by atoms with Crippen LogP contribution in [-0.4, -0.2) is 23.0 Å². The SMILES string of the molecule is C/C=C/C(=O)N[C@@H](CCc1ccccc1)C(=O)O. The van der Waals surface area contributed by atoms with Crippen molar-refractivity contribution in [3.63, 3.8) is 0 Å². The quantitative estimate of drug-likeness (QED) is 0.753. The first-order chi connectivity index (χ1) is 8.63. The van der Waals surface area contributed by atoms with E-state index in [1.54, 1.807) is 13.0 Å². The Labute approximate surface area is 106 Å². The summed E-state index contributed by atoms with van der Waals surface area (Å²) in [5.74, 6) is -1.39. The molecule has 4 heteroatoms. The molecule has 0 unspecified atom stereocenters. The van der Waals surface area contributed by atoms with Gasteiger partial charge in [-0.15, -0.1) is 0 Å². The Morgan fingerprint density at radius 3 is 2.56 bits per heavy atom. The predicted molar refractivity (Wildman–Crippen MR) is 69.1 cm³/mol. The van der Waals surface area contributed by atoms with Crippen LogP contribution in [0.25, 0.3) is 0 Å². The molecule has 0 saturated carbocycles. The van der Waals surface area contributed by atoms with Gasteiger partial charge in [-0.3, -0.25) is 4.79 Å². The summed E-state index contributed by atoms with van der Waals surface area (Å²) in [5.41, 5.74) is 1.06. The summed E-state index contributed by atoms with van der Waals surface area (Å²) in [7, 11) is 0. The van der Waals surface area contributed by atoms with E-state index in [1.165, 1.54) is 6.08 Å². The van der Waals surface area contributed by atoms with E-state index in [9.17, 15) is 9.59 Å². The smallest absolute Gasteiger partial charge is 0.326 e. The number of nitrogens with one attached hydrogen (secondary N) is 1. The zero-order chi connectivity index (χ0) is 13.4. The number of rotatable bonds is 6. The monoisotopic (exact) mass is 247 g/mol. The van der Waals surface area contributed by atoms with E-state index in [-0.39, 0.29) is 5.91 Å². The average molecular weight is 247 g/mol. The highest BCUT2D eigenvalue weighted by atomic mass is 16.4. The molecule has 1 aromatic carbocycles. The highest BCUT2D eigenvalue weighted by Crippen LogP contribution is 2.05. The van der Waals surface area contributed by atoms with Gasteiger partial charge >= 0.3 is 5.97 Å². The molecule has 0 heterocycles. The first-order valence-electron chi connectivity index (χ1n) is 5.83. The van der Waals surface area contributed by atoms with Crippen LogP contribution in [0.4, 0.5) is 0 Å². The van der Waals surface area contributed by atoms with E-state index in [0.717, 1.165) is 5.56 Å². The number of amides is 1. The fourth-order valence-corrected chi connectivity index (χ4v) is 1.58. The van der Waals surface area contributed by atoms with E-state index >= 15 is 0 Å². The second-order valence-electron chi connectivity index (χ2n) is 3.92. The standard InChI is InChI=1S/C14H17NO3/c1-2-6-13(16)15-12(14(17)18)10-9-11-7-4-3-5-8-11/h2-8,12H,9-10H2,1H3,(H,15,16)(H,17,18)/b6-2+/t12-/m0/s1. The van der Waals surface area contributed by atoms with Crippen LogP contribution < -0.4 is 5.32 Å². The van der Waals surface area contributed by atoms with Crippen molar-refractivity contribution < 1.29 is 14.7 Å². The van der Waals surface area contributed by atoms with Crippen LogP contribution in [0.1, 0.15) is 18.9 Å². The molecule has 18 heavy (non-hydrogen) atoms. The van der Waals surface area contributed by atoms with E-state index in [1.807, 2.05) is 30.3 Å². The van der Waals surface area contributed by atoms with Crippen LogP contribution in [0.5, 0.6) is 0 Å². The van der Waals surface area contributed by atoms with Crippen LogP contribution >= 0.6 is 0 Å². The Bertz CT molecular complexity index is 426. The Morgan fingerprint density at radius 2 is 2.00 bits per heavy atom. The third-order valence-electron chi connectivity index (χ3n) is 2.50. The Kier molecular flexibility index (Phi) is 5.64. The van der Waals surface area contributed by atoms with Crippen LogP contribution in [0.3, 0.4) is 0 Å². The van der Waals surface area contributed by atoms with Crippen LogP contribution in [0.2, 0.25) is 0 Å². The van der Waals surface area contributed by atoms with E-state index < -0.39 is 12.0 Å². The maximum absolute atomic E-state index is 11.3. The van der Waals surface area contributed by atoms with Crippen LogP contribution in [0.15, 0.2) is 42.5 Å². The molecule has 1 atom stereocenters. The number of aliphatic carboxylic acids is 1. The molecule has 0 bridgehead atoms. The number of allylic oxidation sites excluding steroid dienone is 1. The second kappa shape index (κ2) is 7.27. The van der Waals surface area contributed by atoms with E-state index in [4.69, 9.17) is 5.11 Å². The first kappa shape index (κ1) is 14.0. The molecule has 0 aliphatic carbocycles. The molecule has 1 amide bonds. The van der Waals surface area contributed by atoms with E-state index in [0.29, 0.717) is 12.8 Å². The number of carbonyl (C=O) groups is 2. The first-order valence-corrected chi connectivity index (χ1v) is 5.83. The lowest BCUT2D eigenvalue weighted by molar-refractivity contribution is -0.141. The molecule has 96 valence electrons. The molecule has 0 aromatic heterocycles. The molecule has 0 radical (unpaired) electrons. The maximum atomic E-state index is 11.3. The summed E-state index contributed by atoms with van der Waals surface area (Å²) in [5, 5.41) is 11.5. The zero-order valence-electron chi connectivity index (χ0n) is 10.3. The summed E-state index contributed by atoms with van der Waals surface area (Å²) in [6.45, 7) is 1.71. The molecule has 4 nitrogen and oxygen atoms in total. The lowest BCUT2D eigenvalue weighted by Crippen LogP contribution is -2.40. The minimum atomic E-state index is -1.01. The van der Waals surface area contributed by atoms with Crippen molar-refractivity contribution in [3.8, 4) is 0 Å². The molecule has 0 aliphatic rings. The highest BCUT2D eigenvalue weighted by Gasteiger charge is 2.18. The Balaban J connectivity index is 2.53. The summed E-state index contributed by atoms with van der Waals surface area (Å²) in [6.07, 6.45) is 3.89. The van der Waals surface area contributed by atoms with Crippen molar-refractivity contribution >= 4 is 11.9 Å². The summed E-state index contributed by atoms with van der Waals surface area (Å²) in [6, 6.07) is 8.74. The predicted octanol–water partition coefficient (Wildman–Crippen LogP) is 1.76. The highest BCUT2D eigenvalue weighted by molar-refractivity contribution is 5.90. The molecule has 0 aliphatic heterocycles. The largest absolute Gasteiger partial charge is 0.480 e. The Morgan fingerprint density at radius 1 is 1.33 bits per heavy atom. The fraction of sp³-hybridized carbons (Fsp3) is 0.286. The number of hydrogen-bond donors (Lipinski definition) is 2. The van der Waals surface area contributed by atoms with Crippen LogP contribution in [0, 0.1) is 0 Å². The van der Waals surface area contributed by atoms with Crippen molar-refractivity contribution in [1.82, 2.24) is 5.32 Å². The van der Waals surface area contributed by atoms with Gasteiger partial charge in [0.25, 0.3) is 0 Å². The number of carboxylic acid groups (broad SMARTS) is 1. The van der Waals surface area contributed by atoms with Gasteiger partial charge < -0.3 is 10.4 Å². The van der Waals surface area contributed by atoms with Gasteiger partial charge in [-0.25, -0.2) is 4.79 Å². The normalized spacial score (nSPS) is 12.3. The van der Waals surface area contributed by atoms with Gasteiger partial charge in [0.15, 0.2) is 0 Å². The van der Waals surface area contributed by atoms with Gasteiger partial charge in [0.2, 0.25) is 5.91 Å². The number of aryl methyl sites for hydroxylation is 1. The van der Waals surface area contributed by atoms with Gasteiger partial charge in [-0.2, -0.15) is 0 Å². The summed E-state index contributed by atoms with van der Waals surface area (Å²) in [4.78, 5) is 22.3. The van der Waals surface area contributed by atoms with Crippen LogP contribution in [-0.2, 0) is 16.0 Å². The van der Waals surface area contributed by atoms with Gasteiger partial charge in [0, 0.05) is 0 Å². The minimum Gasteiger partial charge on any atom is -0.480 e. The zero-order valence-corrected chi connectivity index (χ0v) is 10.3. The molecule has 1 aromatic rings. The molecule has 0 fully saturated rings. The number of carbonyl (C=O) groups excluding carboxylic acids is 1. The van der Waals surface area contributed by atoms with Crippen molar-refractivity contribution in [3.05, 3.63) is 48.0 Å². The molecular formula is C14H17NO3. The minimum absolute atomic E-state index is 0.377. The van der Waals surface area contributed by atoms with Crippen molar-refractivity contribution in [2.75, 3.05) is 0 Å². The van der Waals surface area contributed by atoms with Gasteiger partial charge in [-0.1, -0.05) is 36.4 Å². The average Bonchev–Trinajstić information content (AvgIpc) is 2.35. The Hall–Kier alpha value is -2.10. The lowest BCUT2D eigenvalue weighted by Gasteiger charge is -2.13. The van der Waals surface area contributed by atoms with Gasteiger partial charge in [-0.05, 0) is 31.4 Å². The van der Waals surface area contributed by atoms with Crippen molar-refractivity contribution in [1.29, 1.82) is 0 Å². The topological polar surface area (TPSA) is 66.4 Å². The number of carboxylic acids is 1. The molecule has 2 N–H and O–H groups in total. The lowest BCUT2D eigenvalue weighted by atomic mass is 10.1. The molecule has 0 spiro atoms. The van der Waals surface area contributed by atoms with Gasteiger partial charge in [0.05, 0.1) is 0 Å². The number of benzene rings is 1. The molecule has 1 rings (SSSR count). The fourth-order valence-electron chi connectivity index (χ4n) is 1.58. The number of hydrogen-bond acceptors (Lipinski definition) is 2. The second-order valence-corrected chi connectivity index (χ2v) is 3.92. The van der Waals surface area contributed by atoms with Crippen molar-refractivity contribution in [2.24, 2.45) is 0 Å². The maximum Gasteiger partial charge on any atom is 0.326 e. The van der Waals surface area contributed by atoms with Crippen molar-refractivity contribution in [2.45, 2.75) is 25.8 Å². The van der Waals surface area contributed by atoms with E-state index in [2.05, 4.69) is 5.32 Å². The molecule has 0 saturated heterocycles. The summed E-state index contributed by atoms with van der Waals surface area (Å²) < 4.78 is 0. The van der Waals surface area contributed by atoms with Gasteiger partial charge in [0.1, 0.15) is 6.04 Å².